The van der Waals surface area contributed by atoms with Gasteiger partial charge in [-0.2, -0.15) is 0 Å². The third kappa shape index (κ3) is 3.54. The third-order valence-corrected chi connectivity index (χ3v) is 5.16. The number of hydrogen-bond donors (Lipinski definition) is 1. The number of carbonyl (C=O) groups excluding carboxylic acids is 1. The van der Waals surface area contributed by atoms with E-state index in [4.69, 9.17) is 0 Å². The molecule has 0 radical (unpaired) electrons. The Morgan fingerprint density at radius 2 is 2.35 bits per heavy atom. The first kappa shape index (κ1) is 16.0. The molecule has 6 heteroatoms. The summed E-state index contributed by atoms with van der Waals surface area (Å²) in [5.41, 5.74) is 0.196. The Morgan fingerprint density at radius 1 is 1.52 bits per heavy atom. The molecule has 0 bridgehead atoms. The van der Waals surface area contributed by atoms with Crippen LogP contribution in [0.2, 0.25) is 0 Å². The number of thiophene rings is 1. The van der Waals surface area contributed by atoms with E-state index in [1.54, 1.807) is 18.1 Å². The number of pyridine rings is 1. The average Bonchev–Trinajstić information content (AvgIpc) is 3.14. The largest absolute Gasteiger partial charge is 0.386 e. The van der Waals surface area contributed by atoms with E-state index in [1.807, 2.05) is 36.6 Å². The Bertz CT molecular complexity index is 688. The van der Waals surface area contributed by atoms with E-state index in [0.29, 0.717) is 24.4 Å². The zero-order chi connectivity index (χ0) is 16.4. The molecular formula is C17H21N3O2S. The number of aromatic nitrogens is 1. The van der Waals surface area contributed by atoms with Gasteiger partial charge in [0, 0.05) is 26.3 Å². The van der Waals surface area contributed by atoms with Crippen LogP contribution in [-0.2, 0) is 0 Å². The summed E-state index contributed by atoms with van der Waals surface area (Å²) >= 11 is 1.45. The van der Waals surface area contributed by atoms with Crippen molar-refractivity contribution in [1.82, 2.24) is 9.88 Å². The predicted molar refractivity (Wildman–Crippen MR) is 92.0 cm³/mol. The molecule has 1 amide bonds. The topological polar surface area (TPSA) is 56.7 Å². The first-order valence-electron chi connectivity index (χ1n) is 7.66. The van der Waals surface area contributed by atoms with Gasteiger partial charge in [-0.1, -0.05) is 6.07 Å². The summed E-state index contributed by atoms with van der Waals surface area (Å²) in [5, 5.41) is 12.8. The van der Waals surface area contributed by atoms with Crippen LogP contribution in [0.3, 0.4) is 0 Å². The lowest BCUT2D eigenvalue weighted by Gasteiger charge is -2.29. The summed E-state index contributed by atoms with van der Waals surface area (Å²) in [6.45, 7) is 3.54. The maximum atomic E-state index is 12.4. The highest BCUT2D eigenvalue weighted by molar-refractivity contribution is 7.12. The van der Waals surface area contributed by atoms with Crippen molar-refractivity contribution in [2.24, 2.45) is 0 Å². The minimum Gasteiger partial charge on any atom is -0.386 e. The average molecular weight is 331 g/mol. The van der Waals surface area contributed by atoms with Crippen LogP contribution in [0.1, 0.15) is 21.7 Å². The van der Waals surface area contributed by atoms with Crippen molar-refractivity contribution < 1.29 is 9.90 Å². The van der Waals surface area contributed by atoms with Crippen molar-refractivity contribution in [1.29, 1.82) is 0 Å². The molecule has 2 aromatic rings. The molecule has 23 heavy (non-hydrogen) atoms. The van der Waals surface area contributed by atoms with Gasteiger partial charge in [0.1, 0.15) is 11.4 Å². The fourth-order valence-electron chi connectivity index (χ4n) is 2.97. The van der Waals surface area contributed by atoms with Gasteiger partial charge in [-0.3, -0.25) is 4.79 Å². The molecule has 0 aromatic carbocycles. The van der Waals surface area contributed by atoms with E-state index in [2.05, 4.69) is 9.88 Å². The zero-order valence-electron chi connectivity index (χ0n) is 13.4. The molecule has 1 aliphatic heterocycles. The van der Waals surface area contributed by atoms with Crippen molar-refractivity contribution in [3.63, 3.8) is 0 Å². The van der Waals surface area contributed by atoms with Crippen LogP contribution in [0.25, 0.3) is 0 Å². The monoisotopic (exact) mass is 331 g/mol. The summed E-state index contributed by atoms with van der Waals surface area (Å²) in [4.78, 5) is 21.2. The molecule has 5 nitrogen and oxygen atoms in total. The Kier molecular flexibility index (Phi) is 4.37. The normalized spacial score (nSPS) is 20.7. The summed E-state index contributed by atoms with van der Waals surface area (Å²) in [5.74, 6) is 0.832. The molecule has 1 fully saturated rings. The standard InChI is InChI=1S/C17H21N3O2S/c1-13-9-14(23-10-13)16(21)19(2)11-17(22)6-8-20(12-17)15-5-3-4-7-18-15/h3-5,7,9-10,22H,6,8,11-12H2,1-2H3/t17-/m1/s1. The van der Waals surface area contributed by atoms with Crippen LogP contribution in [0.4, 0.5) is 5.82 Å². The van der Waals surface area contributed by atoms with Crippen molar-refractivity contribution >= 4 is 23.1 Å². The number of likely N-dealkylation sites (N-methyl/N-ethyl adjacent to an activating group) is 1. The summed E-state index contributed by atoms with van der Waals surface area (Å²) in [6.07, 6.45) is 2.38. The highest BCUT2D eigenvalue weighted by Gasteiger charge is 2.38. The molecule has 2 aromatic heterocycles. The van der Waals surface area contributed by atoms with Crippen molar-refractivity contribution in [3.8, 4) is 0 Å². The summed E-state index contributed by atoms with van der Waals surface area (Å²) < 4.78 is 0. The van der Waals surface area contributed by atoms with E-state index in [0.717, 1.165) is 17.9 Å². The molecule has 3 rings (SSSR count). The van der Waals surface area contributed by atoms with Gasteiger partial charge in [0.05, 0.1) is 11.4 Å². The summed E-state index contributed by atoms with van der Waals surface area (Å²) in [6, 6.07) is 7.65. The number of carbonyl (C=O) groups is 1. The first-order valence-corrected chi connectivity index (χ1v) is 8.54. The van der Waals surface area contributed by atoms with Crippen LogP contribution in [-0.4, -0.2) is 53.2 Å². The smallest absolute Gasteiger partial charge is 0.263 e. The highest BCUT2D eigenvalue weighted by Crippen LogP contribution is 2.26. The zero-order valence-corrected chi connectivity index (χ0v) is 14.2. The fraction of sp³-hybridized carbons (Fsp3) is 0.412. The maximum absolute atomic E-state index is 12.4. The molecule has 3 heterocycles. The van der Waals surface area contributed by atoms with E-state index >= 15 is 0 Å². The molecule has 1 aliphatic rings. The number of hydrogen-bond acceptors (Lipinski definition) is 5. The van der Waals surface area contributed by atoms with Gasteiger partial charge < -0.3 is 14.9 Å². The number of anilines is 1. The van der Waals surface area contributed by atoms with Crippen LogP contribution < -0.4 is 4.90 Å². The SMILES string of the molecule is Cc1csc(C(=O)N(C)C[C@]2(O)CCN(c3ccccn3)C2)c1. The van der Waals surface area contributed by atoms with Gasteiger partial charge >= 0.3 is 0 Å². The number of amides is 1. The Balaban J connectivity index is 1.64. The number of aryl methyl sites for hydroxylation is 1. The van der Waals surface area contributed by atoms with Crippen molar-refractivity contribution in [2.45, 2.75) is 18.9 Å². The van der Waals surface area contributed by atoms with E-state index in [9.17, 15) is 9.90 Å². The number of nitrogens with zero attached hydrogens (tertiary/aromatic N) is 3. The van der Waals surface area contributed by atoms with E-state index in [1.165, 1.54) is 11.3 Å². The third-order valence-electron chi connectivity index (χ3n) is 4.13. The number of β-amino-alcohol motifs (C(OH)–C–C–N with tert-alkyl or cyclic N) is 1. The number of aliphatic hydroxyl groups is 1. The van der Waals surface area contributed by atoms with E-state index in [-0.39, 0.29) is 5.91 Å². The van der Waals surface area contributed by atoms with Crippen LogP contribution in [0, 0.1) is 6.92 Å². The second kappa shape index (κ2) is 6.29. The van der Waals surface area contributed by atoms with Gasteiger partial charge in [0.2, 0.25) is 0 Å². The second-order valence-corrected chi connectivity index (χ2v) is 7.14. The Hall–Kier alpha value is -1.92. The fourth-order valence-corrected chi connectivity index (χ4v) is 3.86. The molecule has 122 valence electrons. The van der Waals surface area contributed by atoms with Gasteiger partial charge in [-0.15, -0.1) is 11.3 Å². The van der Waals surface area contributed by atoms with Crippen LogP contribution in [0.15, 0.2) is 35.8 Å². The first-order chi connectivity index (χ1) is 11.0. The quantitative estimate of drug-likeness (QED) is 0.933. The summed E-state index contributed by atoms with van der Waals surface area (Å²) in [7, 11) is 1.75. The Labute approximate surface area is 140 Å². The molecule has 0 unspecified atom stereocenters. The molecule has 0 saturated carbocycles. The minimum absolute atomic E-state index is 0.0344. The lowest BCUT2D eigenvalue weighted by molar-refractivity contribution is 0.0266. The Morgan fingerprint density at radius 3 is 3.00 bits per heavy atom. The molecule has 1 saturated heterocycles. The van der Waals surface area contributed by atoms with Gasteiger partial charge in [0.15, 0.2) is 0 Å². The molecule has 0 spiro atoms. The van der Waals surface area contributed by atoms with Crippen molar-refractivity contribution in [3.05, 3.63) is 46.3 Å². The van der Waals surface area contributed by atoms with Gasteiger partial charge in [0.25, 0.3) is 5.91 Å². The highest BCUT2D eigenvalue weighted by atomic mass is 32.1. The predicted octanol–water partition coefficient (Wildman–Crippen LogP) is 2.16. The second-order valence-electron chi connectivity index (χ2n) is 6.23. The van der Waals surface area contributed by atoms with Gasteiger partial charge in [-0.25, -0.2) is 4.98 Å². The molecule has 1 N–H and O–H groups in total. The minimum atomic E-state index is -0.895. The lowest BCUT2D eigenvalue weighted by Crippen LogP contribution is -2.45. The number of rotatable bonds is 4. The van der Waals surface area contributed by atoms with Crippen molar-refractivity contribution in [2.75, 3.05) is 31.6 Å². The van der Waals surface area contributed by atoms with Crippen LogP contribution >= 0.6 is 11.3 Å². The maximum Gasteiger partial charge on any atom is 0.263 e. The lowest BCUT2D eigenvalue weighted by atomic mass is 10.0. The molecular weight excluding hydrogens is 310 g/mol. The van der Waals surface area contributed by atoms with E-state index < -0.39 is 5.60 Å². The van der Waals surface area contributed by atoms with Crippen LogP contribution in [0.5, 0.6) is 0 Å². The van der Waals surface area contributed by atoms with Gasteiger partial charge in [-0.05, 0) is 42.5 Å². The molecule has 1 atom stereocenters. The molecule has 0 aliphatic carbocycles.